The van der Waals surface area contributed by atoms with Crippen LogP contribution in [0.2, 0.25) is 0 Å². The minimum Gasteiger partial charge on any atom is -0.320 e. The summed E-state index contributed by atoms with van der Waals surface area (Å²) in [7, 11) is 1.99. The fourth-order valence-electron chi connectivity index (χ4n) is 1.44. The van der Waals surface area contributed by atoms with Crippen LogP contribution < -0.4 is 10.6 Å². The van der Waals surface area contributed by atoms with E-state index in [1.54, 1.807) is 0 Å². The summed E-state index contributed by atoms with van der Waals surface area (Å²) < 4.78 is 1.16. The van der Waals surface area contributed by atoms with E-state index in [1.807, 2.05) is 7.05 Å². The normalized spacial score (nSPS) is 10.5. The maximum atomic E-state index is 3.48. The standard InChI is InChI=1S/C12H19BrN2/c1-14-7-3-8-15-9-6-11-4-2-5-12(13)10-11/h2,4-5,10,14-15H,3,6-9H2,1H3. The molecule has 0 radical (unpaired) electrons. The number of hydrogen-bond donors (Lipinski definition) is 2. The Morgan fingerprint density at radius 3 is 2.80 bits per heavy atom. The Balaban J connectivity index is 2.10. The summed E-state index contributed by atoms with van der Waals surface area (Å²) in [6.45, 7) is 3.24. The summed E-state index contributed by atoms with van der Waals surface area (Å²) in [6, 6.07) is 8.49. The highest BCUT2D eigenvalue weighted by Gasteiger charge is 1.93. The van der Waals surface area contributed by atoms with Gasteiger partial charge in [0.25, 0.3) is 0 Å². The molecule has 2 nitrogen and oxygen atoms in total. The molecule has 3 heteroatoms. The van der Waals surface area contributed by atoms with E-state index in [9.17, 15) is 0 Å². The minimum atomic E-state index is 1.06. The van der Waals surface area contributed by atoms with Crippen molar-refractivity contribution in [2.75, 3.05) is 26.7 Å². The largest absolute Gasteiger partial charge is 0.320 e. The molecule has 1 aromatic carbocycles. The van der Waals surface area contributed by atoms with Crippen LogP contribution in [0.5, 0.6) is 0 Å². The van der Waals surface area contributed by atoms with Crippen molar-refractivity contribution in [3.8, 4) is 0 Å². The topological polar surface area (TPSA) is 24.1 Å². The summed E-state index contributed by atoms with van der Waals surface area (Å²) >= 11 is 3.48. The molecule has 0 unspecified atom stereocenters. The first-order chi connectivity index (χ1) is 7.33. The highest BCUT2D eigenvalue weighted by molar-refractivity contribution is 9.10. The highest BCUT2D eigenvalue weighted by atomic mass is 79.9. The second-order valence-electron chi connectivity index (χ2n) is 3.59. The third-order valence-corrected chi connectivity index (χ3v) is 2.75. The lowest BCUT2D eigenvalue weighted by molar-refractivity contribution is 0.625. The second-order valence-corrected chi connectivity index (χ2v) is 4.50. The molecule has 0 spiro atoms. The molecule has 0 aliphatic carbocycles. The van der Waals surface area contributed by atoms with E-state index >= 15 is 0 Å². The number of rotatable bonds is 7. The Morgan fingerprint density at radius 2 is 2.07 bits per heavy atom. The zero-order chi connectivity index (χ0) is 10.9. The minimum absolute atomic E-state index is 1.06. The van der Waals surface area contributed by atoms with Gasteiger partial charge >= 0.3 is 0 Å². The van der Waals surface area contributed by atoms with Crippen molar-refractivity contribution >= 4 is 15.9 Å². The maximum absolute atomic E-state index is 3.48. The quantitative estimate of drug-likeness (QED) is 0.743. The molecule has 0 aromatic heterocycles. The predicted octanol–water partition coefficient (Wildman–Crippen LogP) is 2.19. The molecule has 1 rings (SSSR count). The molecule has 0 fully saturated rings. The second kappa shape index (κ2) is 7.85. The fourth-order valence-corrected chi connectivity index (χ4v) is 1.89. The van der Waals surface area contributed by atoms with Gasteiger partial charge in [0, 0.05) is 4.47 Å². The van der Waals surface area contributed by atoms with Crippen LogP contribution in [0.3, 0.4) is 0 Å². The lowest BCUT2D eigenvalue weighted by atomic mass is 10.1. The average Bonchev–Trinajstić information content (AvgIpc) is 2.23. The predicted molar refractivity (Wildman–Crippen MR) is 69.3 cm³/mol. The van der Waals surface area contributed by atoms with E-state index in [-0.39, 0.29) is 0 Å². The molecule has 0 aliphatic rings. The summed E-state index contributed by atoms with van der Waals surface area (Å²) in [5.74, 6) is 0. The summed E-state index contributed by atoms with van der Waals surface area (Å²) in [5.41, 5.74) is 1.38. The van der Waals surface area contributed by atoms with Crippen LogP contribution in [0.25, 0.3) is 0 Å². The van der Waals surface area contributed by atoms with Crippen LogP contribution in [0.4, 0.5) is 0 Å². The summed E-state index contributed by atoms with van der Waals surface area (Å²) in [6.07, 6.45) is 2.29. The molecule has 1 aromatic rings. The zero-order valence-electron chi connectivity index (χ0n) is 9.22. The first kappa shape index (κ1) is 12.7. The Labute approximate surface area is 101 Å². The molecule has 84 valence electrons. The van der Waals surface area contributed by atoms with Crippen molar-refractivity contribution < 1.29 is 0 Å². The molecule has 0 saturated carbocycles. The smallest absolute Gasteiger partial charge is 0.0178 e. The van der Waals surface area contributed by atoms with Crippen molar-refractivity contribution in [1.82, 2.24) is 10.6 Å². The maximum Gasteiger partial charge on any atom is 0.0178 e. The van der Waals surface area contributed by atoms with Gasteiger partial charge in [0.2, 0.25) is 0 Å². The molecule has 2 N–H and O–H groups in total. The first-order valence-corrected chi connectivity index (χ1v) is 6.22. The van der Waals surface area contributed by atoms with Gasteiger partial charge in [0.15, 0.2) is 0 Å². The highest BCUT2D eigenvalue weighted by Crippen LogP contribution is 2.11. The van der Waals surface area contributed by atoms with Crippen molar-refractivity contribution in [2.24, 2.45) is 0 Å². The lowest BCUT2D eigenvalue weighted by Gasteiger charge is -2.05. The Morgan fingerprint density at radius 1 is 1.20 bits per heavy atom. The fraction of sp³-hybridized carbons (Fsp3) is 0.500. The van der Waals surface area contributed by atoms with E-state index in [0.29, 0.717) is 0 Å². The molecular weight excluding hydrogens is 252 g/mol. The van der Waals surface area contributed by atoms with Gasteiger partial charge in [-0.15, -0.1) is 0 Å². The number of halogens is 1. The van der Waals surface area contributed by atoms with E-state index in [4.69, 9.17) is 0 Å². The molecule has 0 bridgehead atoms. The van der Waals surface area contributed by atoms with E-state index < -0.39 is 0 Å². The third kappa shape index (κ3) is 5.92. The van der Waals surface area contributed by atoms with Gasteiger partial charge in [-0.1, -0.05) is 28.1 Å². The SMILES string of the molecule is CNCCCNCCc1cccc(Br)c1. The van der Waals surface area contributed by atoms with Crippen LogP contribution in [0, 0.1) is 0 Å². The molecule has 0 heterocycles. The molecule has 0 atom stereocenters. The van der Waals surface area contributed by atoms with Gasteiger partial charge < -0.3 is 10.6 Å². The van der Waals surface area contributed by atoms with Crippen LogP contribution in [-0.4, -0.2) is 26.7 Å². The average molecular weight is 271 g/mol. The lowest BCUT2D eigenvalue weighted by Crippen LogP contribution is -2.21. The zero-order valence-corrected chi connectivity index (χ0v) is 10.8. The Hall–Kier alpha value is -0.380. The molecular formula is C12H19BrN2. The van der Waals surface area contributed by atoms with Gasteiger partial charge in [0.1, 0.15) is 0 Å². The van der Waals surface area contributed by atoms with Gasteiger partial charge in [0.05, 0.1) is 0 Å². The van der Waals surface area contributed by atoms with Crippen molar-refractivity contribution in [3.63, 3.8) is 0 Å². The van der Waals surface area contributed by atoms with Gasteiger partial charge in [-0.2, -0.15) is 0 Å². The molecule has 0 aliphatic heterocycles. The Kier molecular flexibility index (Phi) is 6.64. The van der Waals surface area contributed by atoms with Gasteiger partial charge in [-0.3, -0.25) is 0 Å². The third-order valence-electron chi connectivity index (χ3n) is 2.26. The number of nitrogens with one attached hydrogen (secondary N) is 2. The number of hydrogen-bond acceptors (Lipinski definition) is 2. The number of benzene rings is 1. The summed E-state index contributed by atoms with van der Waals surface area (Å²) in [5, 5.41) is 6.57. The van der Waals surface area contributed by atoms with Crippen molar-refractivity contribution in [2.45, 2.75) is 12.8 Å². The monoisotopic (exact) mass is 270 g/mol. The Bertz CT molecular complexity index is 276. The van der Waals surface area contributed by atoms with Crippen LogP contribution in [0.15, 0.2) is 28.7 Å². The van der Waals surface area contributed by atoms with Crippen LogP contribution in [0.1, 0.15) is 12.0 Å². The van der Waals surface area contributed by atoms with E-state index in [0.717, 1.165) is 30.5 Å². The van der Waals surface area contributed by atoms with Crippen molar-refractivity contribution in [3.05, 3.63) is 34.3 Å². The van der Waals surface area contributed by atoms with Gasteiger partial charge in [-0.25, -0.2) is 0 Å². The van der Waals surface area contributed by atoms with E-state index in [1.165, 1.54) is 12.0 Å². The molecule has 0 amide bonds. The van der Waals surface area contributed by atoms with Crippen LogP contribution in [-0.2, 0) is 6.42 Å². The van der Waals surface area contributed by atoms with Crippen molar-refractivity contribution in [1.29, 1.82) is 0 Å². The van der Waals surface area contributed by atoms with E-state index in [2.05, 4.69) is 50.8 Å². The molecule has 0 saturated heterocycles. The molecule has 15 heavy (non-hydrogen) atoms. The van der Waals surface area contributed by atoms with Crippen LogP contribution >= 0.6 is 15.9 Å². The summed E-state index contributed by atoms with van der Waals surface area (Å²) in [4.78, 5) is 0. The first-order valence-electron chi connectivity index (χ1n) is 5.42. The van der Waals surface area contributed by atoms with Gasteiger partial charge in [-0.05, 0) is 57.2 Å².